The van der Waals surface area contributed by atoms with E-state index in [4.69, 9.17) is 9.47 Å². The molecule has 1 aromatic carbocycles. The molecule has 1 aliphatic rings. The summed E-state index contributed by atoms with van der Waals surface area (Å²) in [4.78, 5) is 0. The molecule has 0 atom stereocenters. The quantitative estimate of drug-likeness (QED) is 0.724. The molecule has 0 radical (unpaired) electrons. The van der Waals surface area contributed by atoms with Crippen molar-refractivity contribution in [3.05, 3.63) is 34.3 Å². The van der Waals surface area contributed by atoms with E-state index in [2.05, 4.69) is 33.4 Å². The molecule has 0 bridgehead atoms. The zero-order valence-corrected chi connectivity index (χ0v) is 13.7. The van der Waals surface area contributed by atoms with E-state index in [0.29, 0.717) is 19.3 Å². The second-order valence-electron chi connectivity index (χ2n) is 4.87. The van der Waals surface area contributed by atoms with Crippen LogP contribution in [0.3, 0.4) is 0 Å². The van der Waals surface area contributed by atoms with E-state index in [1.165, 1.54) is 18.4 Å². The van der Waals surface area contributed by atoms with Crippen molar-refractivity contribution >= 4 is 15.9 Å². The molecule has 1 aliphatic carbocycles. The largest absolute Gasteiger partial charge is 0.490 e. The maximum Gasteiger partial charge on any atom is 0.175 e. The number of hydrogen-bond donors (Lipinski definition) is 1. The van der Waals surface area contributed by atoms with E-state index < -0.39 is 0 Å². The monoisotopic (exact) mass is 339 g/mol. The maximum atomic E-state index is 5.77. The summed E-state index contributed by atoms with van der Waals surface area (Å²) in [6.07, 6.45) is 6.54. The summed E-state index contributed by atoms with van der Waals surface area (Å²) in [6, 6.07) is 4.87. The molecule has 1 aromatic rings. The lowest BCUT2D eigenvalue weighted by Crippen LogP contribution is -2.15. The Morgan fingerprint density at radius 3 is 2.80 bits per heavy atom. The fraction of sp³-hybridized carbons (Fsp3) is 0.500. The van der Waals surface area contributed by atoms with Crippen molar-refractivity contribution in [2.24, 2.45) is 0 Å². The summed E-state index contributed by atoms with van der Waals surface area (Å²) in [5, 5.41) is 3.51. The highest BCUT2D eigenvalue weighted by Gasteiger charge is 2.20. The molecule has 0 saturated heterocycles. The normalized spacial score (nSPS) is 14.8. The lowest BCUT2D eigenvalue weighted by atomic mass is 10.2. The van der Waals surface area contributed by atoms with Crippen molar-refractivity contribution in [1.29, 1.82) is 0 Å². The van der Waals surface area contributed by atoms with Crippen molar-refractivity contribution in [3.8, 4) is 11.5 Å². The first-order valence-corrected chi connectivity index (χ1v) is 7.96. The summed E-state index contributed by atoms with van der Waals surface area (Å²) < 4.78 is 12.4. The van der Waals surface area contributed by atoms with E-state index in [1.807, 2.05) is 26.0 Å². The van der Waals surface area contributed by atoms with Gasteiger partial charge >= 0.3 is 0 Å². The number of nitrogens with one attached hydrogen (secondary N) is 1. The smallest absolute Gasteiger partial charge is 0.175 e. The maximum absolute atomic E-state index is 5.77. The van der Waals surface area contributed by atoms with E-state index in [9.17, 15) is 0 Å². The summed E-state index contributed by atoms with van der Waals surface area (Å²) in [5.74, 6) is 1.58. The zero-order valence-electron chi connectivity index (χ0n) is 12.1. The Kier molecular flexibility index (Phi) is 5.92. The topological polar surface area (TPSA) is 30.5 Å². The predicted molar refractivity (Wildman–Crippen MR) is 85.5 cm³/mol. The Labute approximate surface area is 129 Å². The molecule has 110 valence electrons. The lowest BCUT2D eigenvalue weighted by molar-refractivity contribution is 0.295. The third kappa shape index (κ3) is 4.53. The first-order valence-electron chi connectivity index (χ1n) is 7.17. The molecule has 0 aliphatic heterocycles. The molecule has 20 heavy (non-hydrogen) atoms. The Morgan fingerprint density at radius 1 is 1.35 bits per heavy atom. The molecule has 1 N–H and O–H groups in total. The van der Waals surface area contributed by atoms with Gasteiger partial charge in [0.1, 0.15) is 6.61 Å². The minimum absolute atomic E-state index is 0.550. The van der Waals surface area contributed by atoms with Crippen LogP contribution in [0.15, 0.2) is 28.8 Å². The third-order valence-corrected chi connectivity index (χ3v) is 3.69. The van der Waals surface area contributed by atoms with Crippen molar-refractivity contribution in [3.63, 3.8) is 0 Å². The molecule has 3 nitrogen and oxygen atoms in total. The van der Waals surface area contributed by atoms with Crippen LogP contribution in [-0.4, -0.2) is 19.3 Å². The lowest BCUT2D eigenvalue weighted by Gasteiger charge is -2.15. The van der Waals surface area contributed by atoms with Crippen LogP contribution in [0.5, 0.6) is 11.5 Å². The Balaban J connectivity index is 2.11. The van der Waals surface area contributed by atoms with Crippen molar-refractivity contribution in [1.82, 2.24) is 5.32 Å². The number of benzene rings is 1. The van der Waals surface area contributed by atoms with Gasteiger partial charge in [0.2, 0.25) is 0 Å². The Hall–Kier alpha value is -1.00. The Morgan fingerprint density at radius 2 is 2.15 bits per heavy atom. The standard InChI is InChI=1S/C16H22BrNO2/c1-3-5-8-20-16-14(17)9-12(10-15(16)19-4-2)11-18-13-6-7-13/h3,5,9-10,13,18H,4,6-8,11H2,1-2H3/b5-3+. The van der Waals surface area contributed by atoms with Crippen LogP contribution in [0.1, 0.15) is 32.3 Å². The van der Waals surface area contributed by atoms with Gasteiger partial charge in [0.25, 0.3) is 0 Å². The highest BCUT2D eigenvalue weighted by atomic mass is 79.9. The number of allylic oxidation sites excluding steroid dienone is 1. The van der Waals surface area contributed by atoms with Crippen LogP contribution in [0.25, 0.3) is 0 Å². The first kappa shape index (κ1) is 15.4. The molecule has 0 unspecified atom stereocenters. The number of hydrogen-bond acceptors (Lipinski definition) is 3. The first-order chi connectivity index (χ1) is 9.74. The van der Waals surface area contributed by atoms with Crippen LogP contribution in [0.2, 0.25) is 0 Å². The van der Waals surface area contributed by atoms with Gasteiger partial charge in [-0.3, -0.25) is 0 Å². The summed E-state index contributed by atoms with van der Waals surface area (Å²) in [7, 11) is 0. The van der Waals surface area contributed by atoms with Crippen molar-refractivity contribution < 1.29 is 9.47 Å². The SMILES string of the molecule is C/C=C/COc1c(Br)cc(CNC2CC2)cc1OCC. The van der Waals surface area contributed by atoms with E-state index >= 15 is 0 Å². The summed E-state index contributed by atoms with van der Waals surface area (Å²) in [6.45, 7) is 6.02. The van der Waals surface area contributed by atoms with Crippen LogP contribution in [-0.2, 0) is 6.54 Å². The van der Waals surface area contributed by atoms with Gasteiger partial charge < -0.3 is 14.8 Å². The van der Waals surface area contributed by atoms with Crippen LogP contribution in [0.4, 0.5) is 0 Å². The zero-order chi connectivity index (χ0) is 14.4. The van der Waals surface area contributed by atoms with Gasteiger partial charge in [0, 0.05) is 12.6 Å². The fourth-order valence-electron chi connectivity index (χ4n) is 1.90. The average Bonchev–Trinajstić information content (AvgIpc) is 3.24. The van der Waals surface area contributed by atoms with Crippen molar-refractivity contribution in [2.45, 2.75) is 39.3 Å². The minimum Gasteiger partial charge on any atom is -0.490 e. The van der Waals surface area contributed by atoms with Gasteiger partial charge in [-0.25, -0.2) is 0 Å². The van der Waals surface area contributed by atoms with Crippen LogP contribution in [0, 0.1) is 0 Å². The molecule has 0 spiro atoms. The van der Waals surface area contributed by atoms with Crippen LogP contribution >= 0.6 is 15.9 Å². The molecule has 0 aromatic heterocycles. The predicted octanol–water partition coefficient (Wildman–Crippen LogP) is 4.05. The second-order valence-corrected chi connectivity index (χ2v) is 5.73. The number of rotatable bonds is 8. The van der Waals surface area contributed by atoms with Gasteiger partial charge in [-0.1, -0.05) is 12.2 Å². The van der Waals surface area contributed by atoms with Gasteiger partial charge in [-0.05, 0) is 60.3 Å². The van der Waals surface area contributed by atoms with E-state index in [1.54, 1.807) is 0 Å². The molecule has 4 heteroatoms. The second kappa shape index (κ2) is 7.70. The van der Waals surface area contributed by atoms with Gasteiger partial charge in [0.15, 0.2) is 11.5 Å². The molecular formula is C16H22BrNO2. The highest BCUT2D eigenvalue weighted by molar-refractivity contribution is 9.10. The fourth-order valence-corrected chi connectivity index (χ4v) is 2.51. The summed E-state index contributed by atoms with van der Waals surface area (Å²) in [5.41, 5.74) is 1.21. The van der Waals surface area contributed by atoms with E-state index in [-0.39, 0.29) is 0 Å². The molecule has 1 saturated carbocycles. The van der Waals surface area contributed by atoms with Gasteiger partial charge in [-0.15, -0.1) is 0 Å². The van der Waals surface area contributed by atoms with Crippen molar-refractivity contribution in [2.75, 3.05) is 13.2 Å². The molecular weight excluding hydrogens is 318 g/mol. The number of halogens is 1. The highest BCUT2D eigenvalue weighted by Crippen LogP contribution is 2.37. The molecule has 2 rings (SSSR count). The van der Waals surface area contributed by atoms with Crippen LogP contribution < -0.4 is 14.8 Å². The third-order valence-electron chi connectivity index (χ3n) is 3.10. The van der Waals surface area contributed by atoms with E-state index in [0.717, 1.165) is 22.5 Å². The molecule has 1 fully saturated rings. The number of ether oxygens (including phenoxy) is 2. The summed E-state index contributed by atoms with van der Waals surface area (Å²) >= 11 is 3.59. The van der Waals surface area contributed by atoms with Gasteiger partial charge in [0.05, 0.1) is 11.1 Å². The molecule has 0 heterocycles. The average molecular weight is 340 g/mol. The molecule has 0 amide bonds. The van der Waals surface area contributed by atoms with Gasteiger partial charge in [-0.2, -0.15) is 0 Å². The Bertz CT molecular complexity index is 470. The minimum atomic E-state index is 0.550.